The number of esters is 1. The van der Waals surface area contributed by atoms with Crippen LogP contribution in [0.2, 0.25) is 0 Å². The average molecular weight is 298 g/mol. The van der Waals surface area contributed by atoms with E-state index in [4.69, 9.17) is 4.74 Å². The van der Waals surface area contributed by atoms with Gasteiger partial charge in [0, 0.05) is 17.5 Å². The molecule has 5 nitrogen and oxygen atoms in total. The molecule has 1 amide bonds. The zero-order chi connectivity index (χ0) is 15.5. The summed E-state index contributed by atoms with van der Waals surface area (Å²) in [5.74, 6) is 0.294. The molecular weight excluding hydrogens is 280 g/mol. The minimum atomic E-state index is -0.379. The molecule has 1 fully saturated rings. The molecule has 0 unspecified atom stereocenters. The number of hydrogen-bond acceptors (Lipinski definition) is 4. The van der Waals surface area contributed by atoms with Crippen LogP contribution in [0, 0.1) is 5.92 Å². The van der Waals surface area contributed by atoms with E-state index in [0.717, 1.165) is 36.5 Å². The summed E-state index contributed by atoms with van der Waals surface area (Å²) >= 11 is 0. The van der Waals surface area contributed by atoms with Gasteiger partial charge < -0.3 is 10.1 Å². The number of carbonyl (C=O) groups excluding carboxylic acids is 2. The largest absolute Gasteiger partial charge is 0.465 e. The van der Waals surface area contributed by atoms with Crippen LogP contribution in [-0.2, 0) is 9.53 Å². The van der Waals surface area contributed by atoms with Gasteiger partial charge in [-0.1, -0.05) is 12.8 Å². The van der Waals surface area contributed by atoms with Gasteiger partial charge in [-0.05, 0) is 42.5 Å². The third-order valence-electron chi connectivity index (χ3n) is 4.15. The number of methoxy groups -OCH3 is 1. The summed E-state index contributed by atoms with van der Waals surface area (Å²) in [6, 6.07) is 7.03. The summed E-state index contributed by atoms with van der Waals surface area (Å²) in [5.41, 5.74) is 0.481. The van der Waals surface area contributed by atoms with Gasteiger partial charge in [0.15, 0.2) is 0 Å². The van der Waals surface area contributed by atoms with E-state index < -0.39 is 0 Å². The lowest BCUT2D eigenvalue weighted by molar-refractivity contribution is -0.119. The third-order valence-corrected chi connectivity index (χ3v) is 4.15. The van der Waals surface area contributed by atoms with Crippen LogP contribution in [-0.4, -0.2) is 24.0 Å². The Bertz CT molecular complexity index is 721. The fraction of sp³-hybridized carbons (Fsp3) is 0.353. The monoisotopic (exact) mass is 298 g/mol. The topological polar surface area (TPSA) is 68.3 Å². The van der Waals surface area contributed by atoms with Gasteiger partial charge in [-0.25, -0.2) is 9.78 Å². The van der Waals surface area contributed by atoms with Crippen molar-refractivity contribution >= 4 is 28.5 Å². The van der Waals surface area contributed by atoms with Crippen LogP contribution >= 0.6 is 0 Å². The molecule has 114 valence electrons. The second-order valence-electron chi connectivity index (χ2n) is 5.56. The number of pyridine rings is 1. The first kappa shape index (κ1) is 14.5. The Hall–Kier alpha value is -2.43. The molecule has 1 saturated carbocycles. The van der Waals surface area contributed by atoms with E-state index in [2.05, 4.69) is 10.3 Å². The van der Waals surface area contributed by atoms with Crippen molar-refractivity contribution in [1.29, 1.82) is 0 Å². The van der Waals surface area contributed by atoms with Gasteiger partial charge in [0.1, 0.15) is 5.82 Å². The van der Waals surface area contributed by atoms with E-state index in [1.807, 2.05) is 6.07 Å². The molecule has 1 aromatic heterocycles. The molecule has 1 aromatic carbocycles. The molecular formula is C17H18N2O3. The first-order chi connectivity index (χ1) is 10.7. The first-order valence-electron chi connectivity index (χ1n) is 7.47. The molecule has 22 heavy (non-hydrogen) atoms. The van der Waals surface area contributed by atoms with Gasteiger partial charge in [0.25, 0.3) is 0 Å². The van der Waals surface area contributed by atoms with E-state index in [9.17, 15) is 9.59 Å². The van der Waals surface area contributed by atoms with Crippen molar-refractivity contribution in [3.8, 4) is 0 Å². The molecule has 0 saturated heterocycles. The fourth-order valence-corrected chi connectivity index (χ4v) is 2.93. The Labute approximate surface area is 128 Å². The summed E-state index contributed by atoms with van der Waals surface area (Å²) in [6.45, 7) is 0. The van der Waals surface area contributed by atoms with Gasteiger partial charge in [0.05, 0.1) is 12.7 Å². The molecule has 0 aliphatic heterocycles. The first-order valence-corrected chi connectivity index (χ1v) is 7.47. The number of amides is 1. The molecule has 2 aromatic rings. The SMILES string of the molecule is COC(=O)c1ccc2c(NC(=O)C3CCCC3)nccc2c1. The molecule has 1 N–H and O–H groups in total. The maximum absolute atomic E-state index is 12.3. The maximum atomic E-state index is 12.3. The molecule has 1 heterocycles. The minimum absolute atomic E-state index is 0.0366. The maximum Gasteiger partial charge on any atom is 0.337 e. The fourth-order valence-electron chi connectivity index (χ4n) is 2.93. The zero-order valence-corrected chi connectivity index (χ0v) is 12.5. The van der Waals surface area contributed by atoms with Crippen LogP contribution in [0.5, 0.6) is 0 Å². The van der Waals surface area contributed by atoms with Crippen LogP contribution < -0.4 is 5.32 Å². The van der Waals surface area contributed by atoms with Crippen LogP contribution in [0.25, 0.3) is 10.8 Å². The average Bonchev–Trinajstić information content (AvgIpc) is 3.08. The van der Waals surface area contributed by atoms with Gasteiger partial charge in [-0.2, -0.15) is 0 Å². The molecule has 3 rings (SSSR count). The van der Waals surface area contributed by atoms with Gasteiger partial charge >= 0.3 is 5.97 Å². The summed E-state index contributed by atoms with van der Waals surface area (Å²) in [7, 11) is 1.35. The Morgan fingerprint density at radius 1 is 1.23 bits per heavy atom. The standard InChI is InChI=1S/C17H18N2O3/c1-22-17(21)13-6-7-14-12(10-13)8-9-18-15(14)19-16(20)11-4-2-3-5-11/h6-11H,2-5H2,1H3,(H,18,19,20). The number of anilines is 1. The van der Waals surface area contributed by atoms with Crippen molar-refractivity contribution in [3.63, 3.8) is 0 Å². The Morgan fingerprint density at radius 2 is 2.00 bits per heavy atom. The van der Waals surface area contributed by atoms with Crippen LogP contribution in [0.4, 0.5) is 5.82 Å². The van der Waals surface area contributed by atoms with Crippen molar-refractivity contribution in [1.82, 2.24) is 4.98 Å². The van der Waals surface area contributed by atoms with E-state index in [1.165, 1.54) is 7.11 Å². The lowest BCUT2D eigenvalue weighted by Crippen LogP contribution is -2.21. The smallest absolute Gasteiger partial charge is 0.337 e. The summed E-state index contributed by atoms with van der Waals surface area (Å²) in [4.78, 5) is 28.1. The molecule has 0 radical (unpaired) electrons. The van der Waals surface area contributed by atoms with Crippen LogP contribution in [0.15, 0.2) is 30.5 Å². The molecule has 1 aliphatic carbocycles. The van der Waals surface area contributed by atoms with Crippen molar-refractivity contribution in [3.05, 3.63) is 36.0 Å². The molecule has 0 bridgehead atoms. The molecule has 0 atom stereocenters. The lowest BCUT2D eigenvalue weighted by Gasteiger charge is -2.12. The highest BCUT2D eigenvalue weighted by atomic mass is 16.5. The van der Waals surface area contributed by atoms with Crippen LogP contribution in [0.3, 0.4) is 0 Å². The second-order valence-corrected chi connectivity index (χ2v) is 5.56. The summed E-state index contributed by atoms with van der Waals surface area (Å²) < 4.78 is 4.72. The summed E-state index contributed by atoms with van der Waals surface area (Å²) in [5, 5.41) is 4.59. The van der Waals surface area contributed by atoms with Gasteiger partial charge in [-0.15, -0.1) is 0 Å². The second kappa shape index (κ2) is 6.13. The number of benzene rings is 1. The number of nitrogens with one attached hydrogen (secondary N) is 1. The number of rotatable bonds is 3. The number of fused-ring (bicyclic) bond motifs is 1. The van der Waals surface area contributed by atoms with E-state index in [-0.39, 0.29) is 17.8 Å². The molecule has 1 aliphatic rings. The highest BCUT2D eigenvalue weighted by molar-refractivity contribution is 6.03. The number of carbonyl (C=O) groups is 2. The third kappa shape index (κ3) is 2.79. The van der Waals surface area contributed by atoms with Gasteiger partial charge in [-0.3, -0.25) is 4.79 Å². The van der Waals surface area contributed by atoms with E-state index in [0.29, 0.717) is 11.4 Å². The van der Waals surface area contributed by atoms with E-state index in [1.54, 1.807) is 24.4 Å². The Kier molecular flexibility index (Phi) is 4.04. The lowest BCUT2D eigenvalue weighted by atomic mass is 10.1. The Balaban J connectivity index is 1.89. The number of ether oxygens (including phenoxy) is 1. The molecule has 0 spiro atoms. The Morgan fingerprint density at radius 3 is 2.73 bits per heavy atom. The minimum Gasteiger partial charge on any atom is -0.465 e. The highest BCUT2D eigenvalue weighted by Gasteiger charge is 2.23. The quantitative estimate of drug-likeness (QED) is 0.884. The highest BCUT2D eigenvalue weighted by Crippen LogP contribution is 2.28. The normalized spacial score (nSPS) is 15.0. The zero-order valence-electron chi connectivity index (χ0n) is 12.5. The van der Waals surface area contributed by atoms with Crippen molar-refractivity contribution < 1.29 is 14.3 Å². The number of nitrogens with zero attached hydrogens (tertiary/aromatic N) is 1. The molecule has 5 heteroatoms. The summed E-state index contributed by atoms with van der Waals surface area (Å²) in [6.07, 6.45) is 5.76. The predicted octanol–water partition coefficient (Wildman–Crippen LogP) is 3.15. The number of hydrogen-bond donors (Lipinski definition) is 1. The van der Waals surface area contributed by atoms with Crippen LogP contribution in [0.1, 0.15) is 36.0 Å². The predicted molar refractivity (Wildman–Crippen MR) is 83.7 cm³/mol. The number of aromatic nitrogens is 1. The van der Waals surface area contributed by atoms with E-state index >= 15 is 0 Å². The van der Waals surface area contributed by atoms with Crippen molar-refractivity contribution in [2.45, 2.75) is 25.7 Å². The van der Waals surface area contributed by atoms with Crippen molar-refractivity contribution in [2.24, 2.45) is 5.92 Å². The van der Waals surface area contributed by atoms with Crippen molar-refractivity contribution in [2.75, 3.05) is 12.4 Å². The van der Waals surface area contributed by atoms with Gasteiger partial charge in [0.2, 0.25) is 5.91 Å².